The number of nitrogens with zero attached hydrogens (tertiary/aromatic N) is 5. The van der Waals surface area contributed by atoms with Crippen molar-refractivity contribution in [2.75, 3.05) is 5.32 Å². The molecule has 0 aromatic carbocycles. The molecule has 96 valence electrons. The summed E-state index contributed by atoms with van der Waals surface area (Å²) in [5.41, 5.74) is 0. The number of aromatic amines is 1. The molecule has 2 rings (SSSR count). The van der Waals surface area contributed by atoms with E-state index in [4.69, 9.17) is 0 Å². The van der Waals surface area contributed by atoms with Gasteiger partial charge in [0.15, 0.2) is 5.82 Å². The predicted octanol–water partition coefficient (Wildman–Crippen LogP) is 2.05. The zero-order valence-electron chi connectivity index (χ0n) is 10.3. The van der Waals surface area contributed by atoms with Gasteiger partial charge in [0.2, 0.25) is 0 Å². The van der Waals surface area contributed by atoms with Crippen molar-refractivity contribution >= 4 is 21.7 Å². The van der Waals surface area contributed by atoms with Crippen LogP contribution in [0.25, 0.3) is 0 Å². The number of hydrogen-bond acceptors (Lipinski definition) is 6. The van der Waals surface area contributed by atoms with Crippen LogP contribution in [0.1, 0.15) is 44.4 Å². The van der Waals surface area contributed by atoms with Crippen LogP contribution in [0.5, 0.6) is 0 Å². The molecule has 2 aromatic heterocycles. The second-order valence-corrected chi connectivity index (χ2v) is 5.04. The molecule has 0 aliphatic heterocycles. The number of rotatable bonds is 4. The van der Waals surface area contributed by atoms with Gasteiger partial charge < -0.3 is 5.32 Å². The van der Waals surface area contributed by atoms with Crippen LogP contribution in [0.2, 0.25) is 0 Å². The molecule has 8 heteroatoms. The van der Waals surface area contributed by atoms with Crippen LogP contribution < -0.4 is 5.32 Å². The van der Waals surface area contributed by atoms with Gasteiger partial charge in [0.25, 0.3) is 0 Å². The molecule has 0 fully saturated rings. The van der Waals surface area contributed by atoms with Crippen LogP contribution in [-0.2, 0) is 0 Å². The number of halogens is 1. The van der Waals surface area contributed by atoms with E-state index < -0.39 is 0 Å². The molecule has 1 unspecified atom stereocenters. The molecule has 0 bridgehead atoms. The molecule has 0 aliphatic rings. The van der Waals surface area contributed by atoms with E-state index in [1.807, 2.05) is 26.8 Å². The highest BCUT2D eigenvalue weighted by atomic mass is 79.9. The number of H-pyrrole nitrogens is 1. The number of nitrogens with one attached hydrogen (secondary N) is 2. The Bertz CT molecular complexity index is 511. The van der Waals surface area contributed by atoms with Crippen LogP contribution in [0.3, 0.4) is 0 Å². The monoisotopic (exact) mass is 311 g/mol. The first-order valence-electron chi connectivity index (χ1n) is 5.60. The van der Waals surface area contributed by atoms with Crippen LogP contribution in [-0.4, -0.2) is 30.6 Å². The Morgan fingerprint density at radius 3 is 2.61 bits per heavy atom. The highest BCUT2D eigenvalue weighted by Gasteiger charge is 2.12. The van der Waals surface area contributed by atoms with Crippen molar-refractivity contribution in [1.82, 2.24) is 30.6 Å². The molecule has 7 nitrogen and oxygen atoms in total. The van der Waals surface area contributed by atoms with E-state index in [0.717, 1.165) is 16.2 Å². The van der Waals surface area contributed by atoms with E-state index in [2.05, 4.69) is 51.8 Å². The number of aromatic nitrogens is 6. The smallest absolute Gasteiger partial charge is 0.196 e. The van der Waals surface area contributed by atoms with E-state index in [1.54, 1.807) is 0 Å². The van der Waals surface area contributed by atoms with Gasteiger partial charge in [0, 0.05) is 12.0 Å². The van der Waals surface area contributed by atoms with Gasteiger partial charge in [-0.1, -0.05) is 19.1 Å². The third-order valence-electron chi connectivity index (χ3n) is 2.34. The molecule has 0 spiro atoms. The van der Waals surface area contributed by atoms with Crippen LogP contribution >= 0.6 is 15.9 Å². The minimum Gasteiger partial charge on any atom is -0.360 e. The first-order valence-corrected chi connectivity index (χ1v) is 6.40. The van der Waals surface area contributed by atoms with E-state index in [1.165, 1.54) is 0 Å². The molecular formula is C10H14BrN7. The molecule has 2 heterocycles. The molecule has 2 N–H and O–H groups in total. The second kappa shape index (κ2) is 5.38. The summed E-state index contributed by atoms with van der Waals surface area (Å²) in [4.78, 5) is 8.76. The fourth-order valence-corrected chi connectivity index (χ4v) is 1.81. The van der Waals surface area contributed by atoms with Crippen molar-refractivity contribution in [2.45, 2.75) is 32.7 Å². The molecule has 0 saturated heterocycles. The summed E-state index contributed by atoms with van der Waals surface area (Å²) in [6.07, 6.45) is 0. The first-order chi connectivity index (χ1) is 8.56. The quantitative estimate of drug-likeness (QED) is 0.839. The molecule has 2 aromatic rings. The molecule has 0 amide bonds. The van der Waals surface area contributed by atoms with Gasteiger partial charge in [-0.15, -0.1) is 10.2 Å². The van der Waals surface area contributed by atoms with E-state index in [9.17, 15) is 0 Å². The third kappa shape index (κ3) is 3.00. The zero-order valence-corrected chi connectivity index (χ0v) is 11.9. The van der Waals surface area contributed by atoms with Gasteiger partial charge in [-0.05, 0) is 22.9 Å². The molecule has 18 heavy (non-hydrogen) atoms. The number of anilines is 1. The van der Waals surface area contributed by atoms with Gasteiger partial charge in [0.1, 0.15) is 16.2 Å². The van der Waals surface area contributed by atoms with Crippen molar-refractivity contribution in [3.8, 4) is 0 Å². The van der Waals surface area contributed by atoms with Crippen molar-refractivity contribution in [2.24, 2.45) is 0 Å². The Morgan fingerprint density at radius 2 is 2.00 bits per heavy atom. The van der Waals surface area contributed by atoms with E-state index >= 15 is 0 Å². The predicted molar refractivity (Wildman–Crippen MR) is 70.0 cm³/mol. The second-order valence-electron chi connectivity index (χ2n) is 4.22. The number of tetrazole rings is 1. The Hall–Kier alpha value is -1.57. The van der Waals surface area contributed by atoms with Crippen molar-refractivity contribution < 1.29 is 0 Å². The highest BCUT2D eigenvalue weighted by Crippen LogP contribution is 2.20. The summed E-state index contributed by atoms with van der Waals surface area (Å²) in [7, 11) is 0. The van der Waals surface area contributed by atoms with Crippen molar-refractivity contribution in [1.29, 1.82) is 0 Å². The van der Waals surface area contributed by atoms with E-state index in [-0.39, 0.29) is 12.0 Å². The Balaban J connectivity index is 2.18. The summed E-state index contributed by atoms with van der Waals surface area (Å²) in [6.45, 7) is 6.04. The zero-order chi connectivity index (χ0) is 13.1. The van der Waals surface area contributed by atoms with Gasteiger partial charge >= 0.3 is 0 Å². The standard InChI is InChI=1S/C10H14BrN7/c1-5(2)9-13-7(11)4-8(14-9)12-6(3)10-15-17-18-16-10/h4-6H,1-3H3,(H,12,13,14)(H,15,16,17,18). The van der Waals surface area contributed by atoms with Crippen LogP contribution in [0, 0.1) is 0 Å². The van der Waals surface area contributed by atoms with Crippen molar-refractivity contribution in [3.63, 3.8) is 0 Å². The average molecular weight is 312 g/mol. The first kappa shape index (κ1) is 12.9. The lowest BCUT2D eigenvalue weighted by molar-refractivity contribution is 0.752. The van der Waals surface area contributed by atoms with Crippen LogP contribution in [0.4, 0.5) is 5.82 Å². The lowest BCUT2D eigenvalue weighted by atomic mass is 10.2. The van der Waals surface area contributed by atoms with Crippen LogP contribution in [0.15, 0.2) is 10.7 Å². The van der Waals surface area contributed by atoms with Gasteiger partial charge in [-0.2, -0.15) is 5.21 Å². The summed E-state index contributed by atoms with van der Waals surface area (Å²) in [5.74, 6) is 2.38. The lowest BCUT2D eigenvalue weighted by Gasteiger charge is -2.12. The summed E-state index contributed by atoms with van der Waals surface area (Å²) in [5, 5.41) is 17.0. The Kier molecular flexibility index (Phi) is 3.85. The fourth-order valence-electron chi connectivity index (χ4n) is 1.41. The molecule has 0 aliphatic carbocycles. The third-order valence-corrected chi connectivity index (χ3v) is 2.75. The Labute approximate surface area is 113 Å². The summed E-state index contributed by atoms with van der Waals surface area (Å²) >= 11 is 3.38. The highest BCUT2D eigenvalue weighted by molar-refractivity contribution is 9.10. The topological polar surface area (TPSA) is 92.3 Å². The maximum absolute atomic E-state index is 4.44. The normalized spacial score (nSPS) is 12.7. The molecule has 0 radical (unpaired) electrons. The average Bonchev–Trinajstić information content (AvgIpc) is 2.81. The molecule has 1 atom stereocenters. The minimum atomic E-state index is -0.0782. The maximum Gasteiger partial charge on any atom is 0.196 e. The van der Waals surface area contributed by atoms with E-state index in [0.29, 0.717) is 5.82 Å². The fraction of sp³-hybridized carbons (Fsp3) is 0.500. The minimum absolute atomic E-state index is 0.0782. The van der Waals surface area contributed by atoms with Gasteiger partial charge in [-0.3, -0.25) is 0 Å². The maximum atomic E-state index is 4.44. The molecular weight excluding hydrogens is 298 g/mol. The Morgan fingerprint density at radius 1 is 1.22 bits per heavy atom. The SMILES string of the molecule is CC(C)c1nc(Br)cc(NC(C)c2nn[nH]n2)n1. The summed E-state index contributed by atoms with van der Waals surface area (Å²) < 4.78 is 0.754. The van der Waals surface area contributed by atoms with Gasteiger partial charge in [0.05, 0.1) is 6.04 Å². The van der Waals surface area contributed by atoms with Gasteiger partial charge in [-0.25, -0.2) is 9.97 Å². The largest absolute Gasteiger partial charge is 0.360 e. The summed E-state index contributed by atoms with van der Waals surface area (Å²) in [6, 6.07) is 1.74. The van der Waals surface area contributed by atoms with Crippen molar-refractivity contribution in [3.05, 3.63) is 22.3 Å². The lowest BCUT2D eigenvalue weighted by Crippen LogP contribution is -2.11. The number of hydrogen-bond donors (Lipinski definition) is 2. The molecule has 0 saturated carbocycles.